The molecule has 1 aromatic heterocycles. The number of rotatable bonds is 6. The molecule has 0 aromatic carbocycles. The average molecular weight is 264 g/mol. The molecule has 2 rings (SSSR count). The van der Waals surface area contributed by atoms with Crippen LogP contribution in [0.2, 0.25) is 0 Å². The van der Waals surface area contributed by atoms with E-state index in [4.69, 9.17) is 0 Å². The molecule has 0 radical (unpaired) electrons. The Bertz CT molecular complexity index is 366. The number of imidazole rings is 1. The zero-order valence-corrected chi connectivity index (χ0v) is 12.6. The van der Waals surface area contributed by atoms with Crippen LogP contribution in [0.1, 0.15) is 51.8 Å². The van der Waals surface area contributed by atoms with Crippen LogP contribution in [0.3, 0.4) is 0 Å². The van der Waals surface area contributed by atoms with Gasteiger partial charge in [0.2, 0.25) is 0 Å². The molecule has 0 bridgehead atoms. The summed E-state index contributed by atoms with van der Waals surface area (Å²) < 4.78 is 2.32. The van der Waals surface area contributed by atoms with Crippen molar-refractivity contribution in [2.75, 3.05) is 19.6 Å². The SMILES string of the molecule is CC(C)NCc1cncn1C(C)CN1CCCCC1. The fourth-order valence-corrected chi connectivity index (χ4v) is 2.78. The van der Waals surface area contributed by atoms with Crippen molar-refractivity contribution >= 4 is 0 Å². The van der Waals surface area contributed by atoms with Gasteiger partial charge in [0.25, 0.3) is 0 Å². The molecule has 108 valence electrons. The molecule has 1 unspecified atom stereocenters. The molecule has 1 N–H and O–H groups in total. The predicted octanol–water partition coefficient (Wildman–Crippen LogP) is 2.43. The lowest BCUT2D eigenvalue weighted by molar-refractivity contribution is 0.200. The summed E-state index contributed by atoms with van der Waals surface area (Å²) in [6.07, 6.45) is 8.09. The Morgan fingerprint density at radius 1 is 1.21 bits per heavy atom. The third kappa shape index (κ3) is 4.32. The van der Waals surface area contributed by atoms with Gasteiger partial charge in [0.1, 0.15) is 0 Å². The van der Waals surface area contributed by atoms with E-state index in [1.54, 1.807) is 0 Å². The molecule has 1 aromatic rings. The second-order valence-electron chi connectivity index (χ2n) is 6.04. The highest BCUT2D eigenvalue weighted by Gasteiger charge is 2.16. The highest BCUT2D eigenvalue weighted by molar-refractivity contribution is 5.00. The first-order valence-corrected chi connectivity index (χ1v) is 7.63. The van der Waals surface area contributed by atoms with Crippen LogP contribution in [0, 0.1) is 0 Å². The van der Waals surface area contributed by atoms with Gasteiger partial charge in [0.05, 0.1) is 12.0 Å². The van der Waals surface area contributed by atoms with Crippen LogP contribution < -0.4 is 5.32 Å². The second kappa shape index (κ2) is 7.06. The fourth-order valence-electron chi connectivity index (χ4n) is 2.78. The van der Waals surface area contributed by atoms with Gasteiger partial charge in [0, 0.05) is 31.4 Å². The summed E-state index contributed by atoms with van der Waals surface area (Å²) in [4.78, 5) is 6.91. The maximum absolute atomic E-state index is 4.32. The molecular formula is C15H28N4. The molecule has 4 heteroatoms. The van der Waals surface area contributed by atoms with Gasteiger partial charge < -0.3 is 14.8 Å². The number of piperidine rings is 1. The minimum atomic E-state index is 0.504. The number of hydrogen-bond donors (Lipinski definition) is 1. The summed E-state index contributed by atoms with van der Waals surface area (Å²) in [5, 5.41) is 3.47. The first-order chi connectivity index (χ1) is 9.16. The molecule has 1 aliphatic heterocycles. The van der Waals surface area contributed by atoms with Crippen molar-refractivity contribution in [3.8, 4) is 0 Å². The Labute approximate surface area is 117 Å². The number of nitrogens with zero attached hydrogens (tertiary/aromatic N) is 3. The Kier molecular flexibility index (Phi) is 5.40. The summed E-state index contributed by atoms with van der Waals surface area (Å²) in [6.45, 7) is 11.2. The summed E-state index contributed by atoms with van der Waals surface area (Å²) in [5.41, 5.74) is 1.29. The Balaban J connectivity index is 1.90. The fraction of sp³-hybridized carbons (Fsp3) is 0.800. The van der Waals surface area contributed by atoms with Crippen LogP contribution in [-0.2, 0) is 6.54 Å². The Morgan fingerprint density at radius 2 is 1.95 bits per heavy atom. The molecule has 0 amide bonds. The normalized spacial score (nSPS) is 18.9. The van der Waals surface area contributed by atoms with E-state index in [0.29, 0.717) is 12.1 Å². The number of likely N-dealkylation sites (tertiary alicyclic amines) is 1. The molecule has 2 heterocycles. The molecule has 19 heavy (non-hydrogen) atoms. The van der Waals surface area contributed by atoms with Gasteiger partial charge in [-0.05, 0) is 32.9 Å². The van der Waals surface area contributed by atoms with Gasteiger partial charge in [-0.1, -0.05) is 20.3 Å². The van der Waals surface area contributed by atoms with Gasteiger partial charge in [-0.3, -0.25) is 0 Å². The lowest BCUT2D eigenvalue weighted by Crippen LogP contribution is -2.35. The van der Waals surface area contributed by atoms with Crippen molar-refractivity contribution in [1.82, 2.24) is 19.8 Å². The minimum absolute atomic E-state index is 0.504. The zero-order valence-electron chi connectivity index (χ0n) is 12.6. The van der Waals surface area contributed by atoms with Crippen LogP contribution in [-0.4, -0.2) is 40.1 Å². The molecule has 1 atom stereocenters. The van der Waals surface area contributed by atoms with Crippen LogP contribution in [0.4, 0.5) is 0 Å². The predicted molar refractivity (Wildman–Crippen MR) is 79.2 cm³/mol. The minimum Gasteiger partial charge on any atom is -0.329 e. The van der Waals surface area contributed by atoms with Crippen molar-refractivity contribution in [3.63, 3.8) is 0 Å². The van der Waals surface area contributed by atoms with Crippen LogP contribution in [0.5, 0.6) is 0 Å². The molecule has 1 aliphatic rings. The summed E-state index contributed by atoms with van der Waals surface area (Å²) in [6, 6.07) is 1.02. The Hall–Kier alpha value is -0.870. The van der Waals surface area contributed by atoms with E-state index in [-0.39, 0.29) is 0 Å². The highest BCUT2D eigenvalue weighted by atomic mass is 15.2. The highest BCUT2D eigenvalue weighted by Crippen LogP contribution is 2.15. The van der Waals surface area contributed by atoms with E-state index < -0.39 is 0 Å². The number of aromatic nitrogens is 2. The van der Waals surface area contributed by atoms with Gasteiger partial charge in [0.15, 0.2) is 0 Å². The van der Waals surface area contributed by atoms with E-state index in [9.17, 15) is 0 Å². The lowest BCUT2D eigenvalue weighted by atomic mass is 10.1. The van der Waals surface area contributed by atoms with Crippen molar-refractivity contribution in [2.24, 2.45) is 0 Å². The third-order valence-electron chi connectivity index (χ3n) is 3.88. The molecule has 0 aliphatic carbocycles. The summed E-state index contributed by atoms with van der Waals surface area (Å²) in [5.74, 6) is 0. The second-order valence-corrected chi connectivity index (χ2v) is 6.04. The standard InChI is InChI=1S/C15H28N4/c1-13(2)17-10-15-9-16-12-19(15)14(3)11-18-7-5-4-6-8-18/h9,12-14,17H,4-8,10-11H2,1-3H3. The first kappa shape index (κ1) is 14.5. The first-order valence-electron chi connectivity index (χ1n) is 7.63. The molecule has 0 spiro atoms. The summed E-state index contributed by atoms with van der Waals surface area (Å²) >= 11 is 0. The van der Waals surface area contributed by atoms with Gasteiger partial charge in [-0.15, -0.1) is 0 Å². The van der Waals surface area contributed by atoms with Crippen molar-refractivity contribution in [1.29, 1.82) is 0 Å². The topological polar surface area (TPSA) is 33.1 Å². The molecule has 4 nitrogen and oxygen atoms in total. The van der Waals surface area contributed by atoms with E-state index in [2.05, 4.69) is 40.5 Å². The van der Waals surface area contributed by atoms with Gasteiger partial charge in [-0.2, -0.15) is 0 Å². The van der Waals surface area contributed by atoms with E-state index in [1.165, 1.54) is 38.0 Å². The van der Waals surface area contributed by atoms with E-state index in [0.717, 1.165) is 13.1 Å². The van der Waals surface area contributed by atoms with Crippen molar-refractivity contribution in [3.05, 3.63) is 18.2 Å². The maximum Gasteiger partial charge on any atom is 0.0951 e. The van der Waals surface area contributed by atoms with Crippen LogP contribution in [0.15, 0.2) is 12.5 Å². The lowest BCUT2D eigenvalue weighted by Gasteiger charge is -2.30. The van der Waals surface area contributed by atoms with E-state index in [1.807, 2.05) is 12.5 Å². The Morgan fingerprint density at radius 3 is 2.63 bits per heavy atom. The number of nitrogens with one attached hydrogen (secondary N) is 1. The average Bonchev–Trinajstić information content (AvgIpc) is 2.86. The van der Waals surface area contributed by atoms with Crippen molar-refractivity contribution in [2.45, 2.75) is 58.7 Å². The third-order valence-corrected chi connectivity index (χ3v) is 3.88. The molecule has 1 fully saturated rings. The van der Waals surface area contributed by atoms with E-state index >= 15 is 0 Å². The smallest absolute Gasteiger partial charge is 0.0951 e. The van der Waals surface area contributed by atoms with Gasteiger partial charge in [-0.25, -0.2) is 4.98 Å². The molecular weight excluding hydrogens is 236 g/mol. The largest absolute Gasteiger partial charge is 0.329 e. The van der Waals surface area contributed by atoms with Gasteiger partial charge >= 0.3 is 0 Å². The van der Waals surface area contributed by atoms with Crippen molar-refractivity contribution < 1.29 is 0 Å². The quantitative estimate of drug-likeness (QED) is 0.856. The molecule has 0 saturated carbocycles. The summed E-state index contributed by atoms with van der Waals surface area (Å²) in [7, 11) is 0. The monoisotopic (exact) mass is 264 g/mol. The molecule has 1 saturated heterocycles. The zero-order chi connectivity index (χ0) is 13.7. The maximum atomic E-state index is 4.32. The number of hydrogen-bond acceptors (Lipinski definition) is 3. The van der Waals surface area contributed by atoms with Crippen LogP contribution >= 0.6 is 0 Å². The van der Waals surface area contributed by atoms with Crippen LogP contribution in [0.25, 0.3) is 0 Å².